The van der Waals surface area contributed by atoms with Gasteiger partial charge in [-0.15, -0.1) is 11.3 Å². The number of nitrogens with two attached hydrogens (primary N) is 1. The number of rotatable bonds is 2. The molecule has 3 rings (SSSR count). The minimum absolute atomic E-state index is 0.438. The molecule has 5 nitrogen and oxygen atoms in total. The van der Waals surface area contributed by atoms with E-state index in [0.29, 0.717) is 11.7 Å². The molecule has 0 radical (unpaired) electrons. The summed E-state index contributed by atoms with van der Waals surface area (Å²) in [6.45, 7) is 0. The quantitative estimate of drug-likeness (QED) is 0.844. The number of thiazole rings is 1. The van der Waals surface area contributed by atoms with Crippen molar-refractivity contribution in [2.24, 2.45) is 5.73 Å². The van der Waals surface area contributed by atoms with Crippen molar-refractivity contribution in [3.63, 3.8) is 0 Å². The van der Waals surface area contributed by atoms with Crippen LogP contribution in [0.15, 0.2) is 16.2 Å². The van der Waals surface area contributed by atoms with Crippen LogP contribution in [0.4, 0.5) is 0 Å². The van der Waals surface area contributed by atoms with Gasteiger partial charge in [0.05, 0.1) is 15.9 Å². The molecule has 1 aliphatic rings. The van der Waals surface area contributed by atoms with Crippen molar-refractivity contribution in [2.75, 3.05) is 0 Å². The van der Waals surface area contributed by atoms with Gasteiger partial charge in [0.2, 0.25) is 11.7 Å². The van der Waals surface area contributed by atoms with Gasteiger partial charge in [-0.2, -0.15) is 4.98 Å². The van der Waals surface area contributed by atoms with E-state index in [4.69, 9.17) is 10.3 Å². The van der Waals surface area contributed by atoms with Gasteiger partial charge in [-0.25, -0.2) is 0 Å². The lowest BCUT2D eigenvalue weighted by molar-refractivity contribution is 0.257. The third kappa shape index (κ3) is 2.18. The molecule has 0 aliphatic heterocycles. The summed E-state index contributed by atoms with van der Waals surface area (Å²) >= 11 is 1.50. The van der Waals surface area contributed by atoms with E-state index in [1.54, 1.807) is 11.7 Å². The van der Waals surface area contributed by atoms with Crippen LogP contribution in [0.5, 0.6) is 0 Å². The van der Waals surface area contributed by atoms with Crippen molar-refractivity contribution >= 4 is 11.3 Å². The molecular weight excluding hydrogens is 248 g/mol. The van der Waals surface area contributed by atoms with Crippen LogP contribution in [0.3, 0.4) is 0 Å². The smallest absolute Gasteiger partial charge is 0.247 e. The predicted molar refractivity (Wildman–Crippen MR) is 69.0 cm³/mol. The third-order valence-electron chi connectivity index (χ3n) is 3.50. The van der Waals surface area contributed by atoms with E-state index in [2.05, 4.69) is 15.1 Å². The van der Waals surface area contributed by atoms with Gasteiger partial charge in [0.15, 0.2) is 0 Å². The van der Waals surface area contributed by atoms with Gasteiger partial charge in [-0.1, -0.05) is 30.8 Å². The zero-order valence-electron chi connectivity index (χ0n) is 10.1. The predicted octanol–water partition coefficient (Wildman–Crippen LogP) is 2.70. The van der Waals surface area contributed by atoms with E-state index in [1.807, 2.05) is 0 Å². The topological polar surface area (TPSA) is 77.8 Å². The highest BCUT2D eigenvalue weighted by Crippen LogP contribution is 2.33. The Morgan fingerprint density at radius 3 is 2.67 bits per heavy atom. The minimum Gasteiger partial charge on any atom is -0.337 e. The molecule has 18 heavy (non-hydrogen) atoms. The van der Waals surface area contributed by atoms with Crippen LogP contribution in [0.1, 0.15) is 44.4 Å². The number of nitrogens with zero attached hydrogens (tertiary/aromatic N) is 3. The lowest BCUT2D eigenvalue weighted by atomic mass is 9.91. The normalized spacial score (nSPS) is 19.6. The van der Waals surface area contributed by atoms with Gasteiger partial charge >= 0.3 is 0 Å². The van der Waals surface area contributed by atoms with Gasteiger partial charge in [0.25, 0.3) is 0 Å². The van der Waals surface area contributed by atoms with E-state index >= 15 is 0 Å². The highest BCUT2D eigenvalue weighted by molar-refractivity contribution is 7.13. The lowest BCUT2D eigenvalue weighted by Gasteiger charge is -2.22. The Morgan fingerprint density at radius 1 is 1.22 bits per heavy atom. The monoisotopic (exact) mass is 264 g/mol. The van der Waals surface area contributed by atoms with E-state index < -0.39 is 5.54 Å². The molecule has 0 amide bonds. The zero-order chi connectivity index (χ0) is 12.4. The van der Waals surface area contributed by atoms with Crippen molar-refractivity contribution in [3.8, 4) is 10.7 Å². The Balaban J connectivity index is 1.88. The third-order valence-corrected chi connectivity index (χ3v) is 4.27. The zero-order valence-corrected chi connectivity index (χ0v) is 10.9. The maximum absolute atomic E-state index is 6.44. The van der Waals surface area contributed by atoms with Crippen LogP contribution in [-0.2, 0) is 5.54 Å². The fraction of sp³-hybridized carbons (Fsp3) is 0.583. The summed E-state index contributed by atoms with van der Waals surface area (Å²) in [6, 6.07) is 0. The molecule has 1 fully saturated rings. The number of hydrogen-bond acceptors (Lipinski definition) is 6. The first-order valence-electron chi connectivity index (χ1n) is 6.30. The van der Waals surface area contributed by atoms with Crippen molar-refractivity contribution in [1.82, 2.24) is 15.1 Å². The molecule has 1 saturated carbocycles. The molecule has 0 bridgehead atoms. The largest absolute Gasteiger partial charge is 0.337 e. The molecule has 2 N–H and O–H groups in total. The molecule has 0 aromatic carbocycles. The first kappa shape index (κ1) is 11.8. The fourth-order valence-electron chi connectivity index (χ4n) is 2.43. The number of hydrogen-bond donors (Lipinski definition) is 1. The average Bonchev–Trinajstić information content (AvgIpc) is 3.00. The second kappa shape index (κ2) is 4.78. The van der Waals surface area contributed by atoms with Crippen LogP contribution >= 0.6 is 11.3 Å². The Kier molecular flexibility index (Phi) is 3.13. The van der Waals surface area contributed by atoms with Gasteiger partial charge in [0.1, 0.15) is 0 Å². The van der Waals surface area contributed by atoms with E-state index in [9.17, 15) is 0 Å². The molecule has 2 heterocycles. The molecule has 2 aromatic rings. The van der Waals surface area contributed by atoms with Crippen molar-refractivity contribution in [3.05, 3.63) is 17.6 Å². The summed E-state index contributed by atoms with van der Waals surface area (Å²) in [4.78, 5) is 9.39. The van der Waals surface area contributed by atoms with Crippen molar-refractivity contribution < 1.29 is 4.52 Å². The van der Waals surface area contributed by atoms with Crippen LogP contribution in [-0.4, -0.2) is 15.1 Å². The first-order chi connectivity index (χ1) is 8.78. The highest BCUT2D eigenvalue weighted by Gasteiger charge is 2.34. The first-order valence-corrected chi connectivity index (χ1v) is 7.18. The maximum Gasteiger partial charge on any atom is 0.247 e. The fourth-order valence-corrected chi connectivity index (χ4v) is 2.97. The standard InChI is InChI=1S/C12H16N4OS/c13-12(5-3-1-2-4-6-12)11-15-10(16-17-11)9-7-14-8-18-9/h7-8H,1-6,13H2. The van der Waals surface area contributed by atoms with E-state index in [-0.39, 0.29) is 0 Å². The van der Waals surface area contributed by atoms with Gasteiger partial charge in [-0.3, -0.25) is 4.98 Å². The molecule has 2 aromatic heterocycles. The van der Waals surface area contributed by atoms with Crippen LogP contribution in [0.2, 0.25) is 0 Å². The SMILES string of the molecule is NC1(c2nc(-c3cncs3)no2)CCCCCC1. The lowest BCUT2D eigenvalue weighted by Crippen LogP contribution is -2.36. The Morgan fingerprint density at radius 2 is 2.00 bits per heavy atom. The summed E-state index contributed by atoms with van der Waals surface area (Å²) in [5.74, 6) is 1.18. The highest BCUT2D eigenvalue weighted by atomic mass is 32.1. The molecule has 1 aliphatic carbocycles. The van der Waals surface area contributed by atoms with Gasteiger partial charge < -0.3 is 10.3 Å². The Labute approximate surface area is 109 Å². The number of aromatic nitrogens is 3. The maximum atomic E-state index is 6.44. The summed E-state index contributed by atoms with van der Waals surface area (Å²) in [5, 5.41) is 4.01. The second-order valence-electron chi connectivity index (χ2n) is 4.86. The van der Waals surface area contributed by atoms with Gasteiger partial charge in [0, 0.05) is 6.20 Å². The van der Waals surface area contributed by atoms with Crippen LogP contribution in [0, 0.1) is 0 Å². The van der Waals surface area contributed by atoms with Crippen molar-refractivity contribution in [2.45, 2.75) is 44.1 Å². The molecule has 96 valence electrons. The summed E-state index contributed by atoms with van der Waals surface area (Å²) < 4.78 is 5.38. The molecular formula is C12H16N4OS. The summed E-state index contributed by atoms with van der Waals surface area (Å²) in [5.41, 5.74) is 7.76. The second-order valence-corrected chi connectivity index (χ2v) is 5.75. The minimum atomic E-state index is -0.438. The molecule has 0 unspecified atom stereocenters. The van der Waals surface area contributed by atoms with Crippen molar-refractivity contribution in [1.29, 1.82) is 0 Å². The average molecular weight is 264 g/mol. The van der Waals surface area contributed by atoms with E-state index in [1.165, 1.54) is 24.2 Å². The molecule has 0 atom stereocenters. The summed E-state index contributed by atoms with van der Waals surface area (Å²) in [7, 11) is 0. The Hall–Kier alpha value is -1.27. The summed E-state index contributed by atoms with van der Waals surface area (Å²) in [6.07, 6.45) is 8.36. The van der Waals surface area contributed by atoms with Crippen LogP contribution in [0.25, 0.3) is 10.7 Å². The van der Waals surface area contributed by atoms with Crippen LogP contribution < -0.4 is 5.73 Å². The molecule has 0 saturated heterocycles. The van der Waals surface area contributed by atoms with E-state index in [0.717, 1.165) is 30.6 Å². The Bertz CT molecular complexity index is 500. The van der Waals surface area contributed by atoms with Gasteiger partial charge in [-0.05, 0) is 12.8 Å². The molecule has 6 heteroatoms. The molecule has 0 spiro atoms.